The standard InChI is InChI=1S/C17H24N4O2.ClH/c1-4-17(5-2,9-18)20-15(22)12-8-13(11-6-7-11)19-16-14(12)10(3)21-23-16;/h8,11H,4-7,9,18H2,1-3H3,(H,20,22);1H. The minimum atomic E-state index is -0.377. The number of carbonyl (C=O) groups is 1. The van der Waals surface area contributed by atoms with Gasteiger partial charge in [-0.2, -0.15) is 0 Å². The van der Waals surface area contributed by atoms with Gasteiger partial charge in [0.15, 0.2) is 0 Å². The average Bonchev–Trinajstić information content (AvgIpc) is 3.36. The Morgan fingerprint density at radius 1 is 1.42 bits per heavy atom. The Balaban J connectivity index is 0.00000208. The smallest absolute Gasteiger partial charge is 0.259 e. The van der Waals surface area contributed by atoms with E-state index in [-0.39, 0.29) is 23.9 Å². The Morgan fingerprint density at radius 3 is 2.62 bits per heavy atom. The molecule has 132 valence electrons. The Kier molecular flexibility index (Phi) is 5.50. The molecule has 0 spiro atoms. The molecule has 1 amide bonds. The number of hydrogen-bond acceptors (Lipinski definition) is 5. The summed E-state index contributed by atoms with van der Waals surface area (Å²) in [7, 11) is 0. The van der Waals surface area contributed by atoms with Gasteiger partial charge in [-0.3, -0.25) is 4.79 Å². The molecule has 0 unspecified atom stereocenters. The van der Waals surface area contributed by atoms with Crippen molar-refractivity contribution in [2.24, 2.45) is 5.73 Å². The normalized spacial score (nSPS) is 14.5. The second-order valence-electron chi connectivity index (χ2n) is 6.46. The van der Waals surface area contributed by atoms with Gasteiger partial charge in [0.1, 0.15) is 0 Å². The van der Waals surface area contributed by atoms with E-state index in [1.54, 1.807) is 0 Å². The van der Waals surface area contributed by atoms with Crippen LogP contribution in [-0.2, 0) is 0 Å². The van der Waals surface area contributed by atoms with Crippen LogP contribution in [0.2, 0.25) is 0 Å². The van der Waals surface area contributed by atoms with Crippen molar-refractivity contribution in [1.29, 1.82) is 0 Å². The van der Waals surface area contributed by atoms with E-state index < -0.39 is 0 Å². The van der Waals surface area contributed by atoms with Gasteiger partial charge >= 0.3 is 0 Å². The first-order valence-corrected chi connectivity index (χ1v) is 8.33. The van der Waals surface area contributed by atoms with E-state index in [1.807, 2.05) is 26.8 Å². The van der Waals surface area contributed by atoms with Gasteiger partial charge in [-0.25, -0.2) is 4.98 Å². The molecule has 2 aromatic rings. The van der Waals surface area contributed by atoms with Gasteiger partial charge in [0.25, 0.3) is 11.6 Å². The van der Waals surface area contributed by atoms with Crippen LogP contribution < -0.4 is 11.1 Å². The summed E-state index contributed by atoms with van der Waals surface area (Å²) in [5.74, 6) is 0.313. The summed E-state index contributed by atoms with van der Waals surface area (Å²) >= 11 is 0. The van der Waals surface area contributed by atoms with E-state index in [2.05, 4.69) is 15.5 Å². The van der Waals surface area contributed by atoms with Crippen LogP contribution in [0.4, 0.5) is 0 Å². The van der Waals surface area contributed by atoms with E-state index in [4.69, 9.17) is 10.3 Å². The fourth-order valence-electron chi connectivity index (χ4n) is 2.96. The predicted octanol–water partition coefficient (Wildman–Crippen LogP) is 3.08. The second kappa shape index (κ2) is 7.07. The van der Waals surface area contributed by atoms with Crippen molar-refractivity contribution >= 4 is 29.4 Å². The van der Waals surface area contributed by atoms with Crippen LogP contribution in [0.3, 0.4) is 0 Å². The first kappa shape index (κ1) is 18.7. The Morgan fingerprint density at radius 2 is 2.08 bits per heavy atom. The van der Waals surface area contributed by atoms with Gasteiger partial charge in [0, 0.05) is 18.2 Å². The Labute approximate surface area is 148 Å². The number of pyridine rings is 1. The number of amides is 1. The number of fused-ring (bicyclic) bond motifs is 1. The lowest BCUT2D eigenvalue weighted by Gasteiger charge is -2.31. The molecule has 0 saturated heterocycles. The summed E-state index contributed by atoms with van der Waals surface area (Å²) in [5.41, 5.74) is 8.18. The number of nitrogens with zero attached hydrogens (tertiary/aromatic N) is 2. The quantitative estimate of drug-likeness (QED) is 0.833. The van der Waals surface area contributed by atoms with Crippen molar-refractivity contribution in [2.45, 2.75) is 57.9 Å². The van der Waals surface area contributed by atoms with Gasteiger partial charge < -0.3 is 15.6 Å². The summed E-state index contributed by atoms with van der Waals surface area (Å²) in [4.78, 5) is 17.5. The molecule has 3 N–H and O–H groups in total. The molecule has 2 aromatic heterocycles. The highest BCUT2D eigenvalue weighted by atomic mass is 35.5. The molecular weight excluding hydrogens is 328 g/mol. The molecule has 24 heavy (non-hydrogen) atoms. The fraction of sp³-hybridized carbons (Fsp3) is 0.588. The SMILES string of the molecule is CCC(CC)(CN)NC(=O)c1cc(C2CC2)nc2onc(C)c12.Cl. The van der Waals surface area contributed by atoms with E-state index in [0.717, 1.165) is 31.4 Å². The van der Waals surface area contributed by atoms with E-state index in [0.29, 0.717) is 34.8 Å². The maximum absolute atomic E-state index is 12.9. The van der Waals surface area contributed by atoms with Crippen molar-refractivity contribution in [1.82, 2.24) is 15.5 Å². The molecule has 0 bridgehead atoms. The van der Waals surface area contributed by atoms with Crippen molar-refractivity contribution in [3.05, 3.63) is 23.0 Å². The Hall–Kier alpha value is -1.66. The Bertz CT molecular complexity index is 727. The molecule has 0 aliphatic heterocycles. The highest BCUT2D eigenvalue weighted by Gasteiger charge is 2.31. The van der Waals surface area contributed by atoms with Gasteiger partial charge in [0.2, 0.25) is 0 Å². The number of rotatable bonds is 6. The van der Waals surface area contributed by atoms with Crippen LogP contribution in [0.25, 0.3) is 11.1 Å². The molecule has 2 heterocycles. The summed E-state index contributed by atoms with van der Waals surface area (Å²) < 4.78 is 5.30. The molecule has 0 radical (unpaired) electrons. The largest absolute Gasteiger partial charge is 0.345 e. The average molecular weight is 353 g/mol. The van der Waals surface area contributed by atoms with Crippen LogP contribution in [0, 0.1) is 6.92 Å². The number of nitrogens with two attached hydrogens (primary N) is 1. The summed E-state index contributed by atoms with van der Waals surface area (Å²) in [6, 6.07) is 1.89. The van der Waals surface area contributed by atoms with Crippen molar-refractivity contribution < 1.29 is 9.32 Å². The molecule has 0 atom stereocenters. The molecule has 1 aliphatic rings. The summed E-state index contributed by atoms with van der Waals surface area (Å²) in [6.07, 6.45) is 3.81. The van der Waals surface area contributed by atoms with Crippen LogP contribution >= 0.6 is 12.4 Å². The summed E-state index contributed by atoms with van der Waals surface area (Å²) in [6.45, 7) is 6.33. The van der Waals surface area contributed by atoms with E-state index in [1.165, 1.54) is 0 Å². The third-order valence-corrected chi connectivity index (χ3v) is 5.00. The lowest BCUT2D eigenvalue weighted by molar-refractivity contribution is 0.0896. The highest BCUT2D eigenvalue weighted by Crippen LogP contribution is 2.40. The molecule has 1 fully saturated rings. The van der Waals surface area contributed by atoms with Crippen LogP contribution in [-0.4, -0.2) is 28.1 Å². The molecule has 1 aliphatic carbocycles. The molecule has 0 aromatic carbocycles. The van der Waals surface area contributed by atoms with Crippen molar-refractivity contribution in [3.8, 4) is 0 Å². The lowest BCUT2D eigenvalue weighted by Crippen LogP contribution is -2.52. The van der Waals surface area contributed by atoms with Crippen molar-refractivity contribution in [2.75, 3.05) is 6.54 Å². The molecule has 3 rings (SSSR count). The molecular formula is C17H25ClN4O2. The number of carbonyl (C=O) groups excluding carboxylic acids is 1. The predicted molar refractivity (Wildman–Crippen MR) is 95.6 cm³/mol. The molecule has 6 nitrogen and oxygen atoms in total. The fourth-order valence-corrected chi connectivity index (χ4v) is 2.96. The van der Waals surface area contributed by atoms with E-state index >= 15 is 0 Å². The summed E-state index contributed by atoms with van der Waals surface area (Å²) in [5, 5.41) is 7.80. The number of aryl methyl sites for hydroxylation is 1. The monoisotopic (exact) mass is 352 g/mol. The van der Waals surface area contributed by atoms with Gasteiger partial charge in [-0.15, -0.1) is 12.4 Å². The zero-order valence-electron chi connectivity index (χ0n) is 14.4. The first-order valence-electron chi connectivity index (χ1n) is 8.33. The van der Waals surface area contributed by atoms with Crippen LogP contribution in [0.15, 0.2) is 10.6 Å². The maximum atomic E-state index is 12.9. The van der Waals surface area contributed by atoms with Gasteiger partial charge in [-0.05, 0) is 38.7 Å². The number of nitrogens with one attached hydrogen (secondary N) is 1. The minimum absolute atomic E-state index is 0. The number of hydrogen-bond donors (Lipinski definition) is 2. The first-order chi connectivity index (χ1) is 11.0. The number of halogens is 1. The molecule has 1 saturated carbocycles. The molecule has 7 heteroatoms. The maximum Gasteiger partial charge on any atom is 0.259 e. The van der Waals surface area contributed by atoms with E-state index in [9.17, 15) is 4.79 Å². The van der Waals surface area contributed by atoms with Crippen molar-refractivity contribution in [3.63, 3.8) is 0 Å². The topological polar surface area (TPSA) is 94.0 Å². The highest BCUT2D eigenvalue weighted by molar-refractivity contribution is 6.06. The third-order valence-electron chi connectivity index (χ3n) is 5.00. The minimum Gasteiger partial charge on any atom is -0.345 e. The van der Waals surface area contributed by atoms with Crippen LogP contribution in [0.5, 0.6) is 0 Å². The zero-order valence-corrected chi connectivity index (χ0v) is 15.2. The third kappa shape index (κ3) is 3.26. The van der Waals surface area contributed by atoms with Crippen LogP contribution in [0.1, 0.15) is 67.2 Å². The lowest BCUT2D eigenvalue weighted by atomic mass is 9.92. The van der Waals surface area contributed by atoms with Gasteiger partial charge in [-0.1, -0.05) is 19.0 Å². The number of aromatic nitrogens is 2. The second-order valence-corrected chi connectivity index (χ2v) is 6.46. The van der Waals surface area contributed by atoms with Gasteiger partial charge in [0.05, 0.1) is 22.2 Å². The zero-order chi connectivity index (χ0) is 16.6.